The summed E-state index contributed by atoms with van der Waals surface area (Å²) in [5.74, 6) is -1.80. The van der Waals surface area contributed by atoms with Gasteiger partial charge in [0.2, 0.25) is 0 Å². The van der Waals surface area contributed by atoms with E-state index in [1.807, 2.05) is 4.90 Å². The molecule has 144 valence electrons. The molecular weight excluding hydrogens is 350 g/mol. The summed E-state index contributed by atoms with van der Waals surface area (Å²) in [5, 5.41) is 41.8. The summed E-state index contributed by atoms with van der Waals surface area (Å²) >= 11 is 0. The van der Waals surface area contributed by atoms with E-state index in [2.05, 4.69) is 0 Å². The molecule has 4 N–H and O–H groups in total. The highest BCUT2D eigenvalue weighted by Gasteiger charge is 2.46. The summed E-state index contributed by atoms with van der Waals surface area (Å²) in [6.07, 6.45) is 1.44. The van der Waals surface area contributed by atoms with Crippen LogP contribution in [0.1, 0.15) is 59.7 Å². The molecule has 27 heavy (non-hydrogen) atoms. The molecule has 0 saturated carbocycles. The first-order valence-electron chi connectivity index (χ1n) is 9.28. The van der Waals surface area contributed by atoms with E-state index in [9.17, 15) is 30.0 Å². The molecule has 7 heteroatoms. The number of ketones is 2. The number of aliphatic hydroxyl groups is 2. The van der Waals surface area contributed by atoms with Gasteiger partial charge in [0.1, 0.15) is 5.75 Å². The van der Waals surface area contributed by atoms with E-state index >= 15 is 0 Å². The van der Waals surface area contributed by atoms with Crippen molar-refractivity contribution in [1.82, 2.24) is 0 Å². The van der Waals surface area contributed by atoms with Crippen molar-refractivity contribution in [2.45, 2.75) is 50.7 Å². The van der Waals surface area contributed by atoms with Crippen molar-refractivity contribution in [3.05, 3.63) is 28.3 Å². The van der Waals surface area contributed by atoms with Crippen LogP contribution in [0.4, 0.5) is 5.69 Å². The lowest BCUT2D eigenvalue weighted by atomic mass is 9.71. The number of aromatic hydroxyl groups is 2. The number of phenolic OH excluding ortho intramolecular Hbond substituents is 2. The number of Topliss-reactive ketones (excluding diaryl/α,β-unsaturated/α-hetero) is 2. The van der Waals surface area contributed by atoms with Gasteiger partial charge in [-0.1, -0.05) is 0 Å². The Labute approximate surface area is 156 Å². The van der Waals surface area contributed by atoms with E-state index in [4.69, 9.17) is 0 Å². The highest BCUT2D eigenvalue weighted by molar-refractivity contribution is 6.29. The number of fused-ring (bicyclic) bond motifs is 1. The van der Waals surface area contributed by atoms with Crippen molar-refractivity contribution in [1.29, 1.82) is 0 Å². The Bertz CT molecular complexity index is 879. The first-order valence-corrected chi connectivity index (χ1v) is 9.28. The molecule has 1 aliphatic heterocycles. The average molecular weight is 373 g/mol. The molecule has 0 spiro atoms. The van der Waals surface area contributed by atoms with E-state index in [-0.39, 0.29) is 46.6 Å². The van der Waals surface area contributed by atoms with Crippen LogP contribution in [0.25, 0.3) is 0 Å². The Morgan fingerprint density at radius 3 is 2.33 bits per heavy atom. The van der Waals surface area contributed by atoms with Gasteiger partial charge in [0.05, 0.1) is 28.5 Å². The molecule has 3 aliphatic rings. The third-order valence-electron chi connectivity index (χ3n) is 5.97. The molecule has 0 bridgehead atoms. The number of nitrogens with zero attached hydrogens (tertiary/aromatic N) is 1. The number of carbonyl (C=O) groups excluding carboxylic acids is 2. The number of aliphatic hydroxyl groups excluding tert-OH is 1. The second-order valence-electron chi connectivity index (χ2n) is 7.93. The Balaban J connectivity index is 1.86. The van der Waals surface area contributed by atoms with Gasteiger partial charge in [-0.05, 0) is 26.2 Å². The van der Waals surface area contributed by atoms with Crippen molar-refractivity contribution >= 4 is 17.3 Å². The van der Waals surface area contributed by atoms with Crippen LogP contribution in [0, 0.1) is 0 Å². The Hall–Kier alpha value is -2.38. The first-order chi connectivity index (χ1) is 12.7. The van der Waals surface area contributed by atoms with Crippen LogP contribution >= 0.6 is 0 Å². The topological polar surface area (TPSA) is 118 Å². The van der Waals surface area contributed by atoms with Crippen LogP contribution in [-0.2, 0) is 0 Å². The molecule has 1 heterocycles. The quantitative estimate of drug-likeness (QED) is 0.553. The lowest BCUT2D eigenvalue weighted by molar-refractivity contribution is -0.0651. The maximum absolute atomic E-state index is 13.1. The minimum atomic E-state index is -1.53. The van der Waals surface area contributed by atoms with E-state index in [0.717, 1.165) is 19.3 Å². The fraction of sp³-hybridized carbons (Fsp3) is 0.500. The van der Waals surface area contributed by atoms with Crippen molar-refractivity contribution < 1.29 is 30.0 Å². The van der Waals surface area contributed by atoms with Crippen LogP contribution in [0.3, 0.4) is 0 Å². The summed E-state index contributed by atoms with van der Waals surface area (Å²) in [7, 11) is 0. The zero-order valence-electron chi connectivity index (χ0n) is 15.2. The van der Waals surface area contributed by atoms with E-state index < -0.39 is 23.3 Å². The second-order valence-corrected chi connectivity index (χ2v) is 7.93. The standard InChI is InChI=1S/C20H23NO6/c1-20(27)9-11-10(7-14(20)23)17(24)15-13(22)8-12(19(26)16(15)18(11)25)21-5-3-2-4-6-21/h8,14,22-23,26-27H,2-7,9H2,1H3/t14-,20+/m1/s1. The third kappa shape index (κ3) is 2.64. The number of hydrogen-bond donors (Lipinski definition) is 4. The Morgan fingerprint density at radius 1 is 1.04 bits per heavy atom. The largest absolute Gasteiger partial charge is 0.507 e. The van der Waals surface area contributed by atoms with Gasteiger partial charge in [-0.2, -0.15) is 0 Å². The molecule has 1 saturated heterocycles. The van der Waals surface area contributed by atoms with Crippen LogP contribution < -0.4 is 4.90 Å². The predicted octanol–water partition coefficient (Wildman–Crippen LogP) is 1.67. The van der Waals surface area contributed by atoms with Crippen molar-refractivity contribution in [3.63, 3.8) is 0 Å². The number of benzene rings is 1. The molecule has 2 atom stereocenters. The second kappa shape index (κ2) is 6.07. The maximum atomic E-state index is 13.1. The van der Waals surface area contributed by atoms with Crippen LogP contribution in [0.2, 0.25) is 0 Å². The van der Waals surface area contributed by atoms with Crippen molar-refractivity contribution in [2.75, 3.05) is 18.0 Å². The van der Waals surface area contributed by atoms with Gasteiger partial charge in [-0.3, -0.25) is 9.59 Å². The molecule has 1 aromatic rings. The third-order valence-corrected chi connectivity index (χ3v) is 5.97. The molecule has 0 aromatic heterocycles. The smallest absolute Gasteiger partial charge is 0.194 e. The number of carbonyl (C=O) groups is 2. The summed E-state index contributed by atoms with van der Waals surface area (Å²) in [6, 6.07) is 1.34. The van der Waals surface area contributed by atoms with Crippen LogP contribution in [0.15, 0.2) is 17.2 Å². The van der Waals surface area contributed by atoms with Crippen molar-refractivity contribution in [2.24, 2.45) is 0 Å². The molecule has 0 radical (unpaired) electrons. The van der Waals surface area contributed by atoms with Gasteiger partial charge in [-0.15, -0.1) is 0 Å². The summed E-state index contributed by atoms with van der Waals surface area (Å²) < 4.78 is 0. The van der Waals surface area contributed by atoms with Gasteiger partial charge in [-0.25, -0.2) is 0 Å². The lowest BCUT2D eigenvalue weighted by Gasteiger charge is -2.38. The van der Waals surface area contributed by atoms with Gasteiger partial charge < -0.3 is 25.3 Å². The average Bonchev–Trinajstić information content (AvgIpc) is 2.63. The normalized spacial score (nSPS) is 28.3. The monoisotopic (exact) mass is 373 g/mol. The lowest BCUT2D eigenvalue weighted by Crippen LogP contribution is -2.46. The van der Waals surface area contributed by atoms with Crippen LogP contribution in [0.5, 0.6) is 11.5 Å². The zero-order valence-corrected chi connectivity index (χ0v) is 15.2. The highest BCUT2D eigenvalue weighted by atomic mass is 16.3. The summed E-state index contributed by atoms with van der Waals surface area (Å²) in [6.45, 7) is 2.81. The molecule has 1 aromatic carbocycles. The molecule has 0 unspecified atom stereocenters. The minimum absolute atomic E-state index is 0.104. The molecule has 1 fully saturated rings. The van der Waals surface area contributed by atoms with Gasteiger partial charge >= 0.3 is 0 Å². The number of piperidine rings is 1. The predicted molar refractivity (Wildman–Crippen MR) is 97.4 cm³/mol. The molecular formula is C20H23NO6. The number of hydrogen-bond acceptors (Lipinski definition) is 7. The van der Waals surface area contributed by atoms with Crippen molar-refractivity contribution in [3.8, 4) is 11.5 Å². The van der Waals surface area contributed by atoms with E-state index in [1.54, 1.807) is 0 Å². The molecule has 7 nitrogen and oxygen atoms in total. The number of phenols is 2. The van der Waals surface area contributed by atoms with E-state index in [0.29, 0.717) is 18.8 Å². The van der Waals surface area contributed by atoms with Gasteiger partial charge in [0.25, 0.3) is 0 Å². The Kier molecular flexibility index (Phi) is 4.05. The summed E-state index contributed by atoms with van der Waals surface area (Å²) in [5.41, 5.74) is -1.40. The fourth-order valence-corrected chi connectivity index (χ4v) is 4.34. The Morgan fingerprint density at radius 2 is 1.67 bits per heavy atom. The van der Waals surface area contributed by atoms with E-state index in [1.165, 1.54) is 13.0 Å². The molecule has 0 amide bonds. The van der Waals surface area contributed by atoms with Crippen LogP contribution in [-0.4, -0.2) is 56.8 Å². The molecule has 4 rings (SSSR count). The first kappa shape index (κ1) is 18.0. The molecule has 2 aliphatic carbocycles. The van der Waals surface area contributed by atoms with Gasteiger partial charge in [0, 0.05) is 43.1 Å². The fourth-order valence-electron chi connectivity index (χ4n) is 4.34. The minimum Gasteiger partial charge on any atom is -0.507 e. The highest BCUT2D eigenvalue weighted by Crippen LogP contribution is 2.47. The summed E-state index contributed by atoms with van der Waals surface area (Å²) in [4.78, 5) is 27.9. The number of rotatable bonds is 1. The number of anilines is 1. The van der Waals surface area contributed by atoms with Gasteiger partial charge in [0.15, 0.2) is 17.3 Å². The zero-order chi connectivity index (χ0) is 19.5. The maximum Gasteiger partial charge on any atom is 0.194 e. The SMILES string of the molecule is C[C@]1(O)CC2=C(C[C@H]1O)C(=O)c1c(O)cc(N3CCCCC3)c(O)c1C2=O.